The summed E-state index contributed by atoms with van der Waals surface area (Å²) in [5.74, 6) is 0.855. The zero-order valence-corrected chi connectivity index (χ0v) is 5.06. The molecule has 0 saturated heterocycles. The lowest BCUT2D eigenvalue weighted by Gasteiger charge is -1.91. The summed E-state index contributed by atoms with van der Waals surface area (Å²) in [5, 5.41) is 10.8. The molecule has 0 bridgehead atoms. The molecule has 2 rings (SSSR count). The third-order valence-electron chi connectivity index (χ3n) is 1.53. The van der Waals surface area contributed by atoms with Crippen LogP contribution < -0.4 is 0 Å². The third kappa shape index (κ3) is 1.06. The van der Waals surface area contributed by atoms with E-state index in [0.717, 1.165) is 12.5 Å². The maximum absolute atomic E-state index is 3.75. The van der Waals surface area contributed by atoms with Crippen molar-refractivity contribution in [2.45, 2.75) is 19.4 Å². The molecule has 1 aliphatic rings. The van der Waals surface area contributed by atoms with Gasteiger partial charge in [0.2, 0.25) is 0 Å². The number of tetrazole rings is 1. The van der Waals surface area contributed by atoms with Gasteiger partial charge in [-0.25, -0.2) is 4.68 Å². The Balaban J connectivity index is 1.99. The maximum Gasteiger partial charge on any atom is 0.138 e. The van der Waals surface area contributed by atoms with Crippen LogP contribution in [0.25, 0.3) is 0 Å². The van der Waals surface area contributed by atoms with Crippen molar-refractivity contribution in [3.63, 3.8) is 0 Å². The van der Waals surface area contributed by atoms with Crippen molar-refractivity contribution in [2.75, 3.05) is 0 Å². The van der Waals surface area contributed by atoms with Crippen LogP contribution in [0.3, 0.4) is 0 Å². The molecule has 1 aromatic heterocycles. The molecule has 0 atom stereocenters. The van der Waals surface area contributed by atoms with Gasteiger partial charge >= 0.3 is 0 Å². The Morgan fingerprint density at radius 1 is 1.56 bits per heavy atom. The molecule has 1 saturated carbocycles. The first-order valence-electron chi connectivity index (χ1n) is 3.16. The van der Waals surface area contributed by atoms with Crippen molar-refractivity contribution >= 4 is 0 Å². The third-order valence-corrected chi connectivity index (χ3v) is 1.53. The van der Waals surface area contributed by atoms with Gasteiger partial charge in [-0.1, -0.05) is 0 Å². The second-order valence-electron chi connectivity index (χ2n) is 2.48. The average Bonchev–Trinajstić information content (AvgIpc) is 2.46. The van der Waals surface area contributed by atoms with Crippen molar-refractivity contribution in [3.05, 3.63) is 6.33 Å². The predicted octanol–water partition coefficient (Wildman–Crippen LogP) is 0.0831. The molecular weight excluding hydrogens is 116 g/mol. The second-order valence-corrected chi connectivity index (χ2v) is 2.48. The Bertz CT molecular complexity index is 177. The summed E-state index contributed by atoms with van der Waals surface area (Å²) < 4.78 is 1.79. The van der Waals surface area contributed by atoms with E-state index in [0.29, 0.717) is 0 Å². The molecule has 48 valence electrons. The Hall–Kier alpha value is -0.930. The standard InChI is InChI=1S/C5H8N4/c1-2-5(1)3-9-4-6-7-8-9/h4-5H,1-3H2. The Morgan fingerprint density at radius 2 is 2.44 bits per heavy atom. The van der Waals surface area contributed by atoms with E-state index in [4.69, 9.17) is 0 Å². The molecule has 0 N–H and O–H groups in total. The van der Waals surface area contributed by atoms with Crippen LogP contribution in [0.4, 0.5) is 0 Å². The topological polar surface area (TPSA) is 43.6 Å². The van der Waals surface area contributed by atoms with Crippen molar-refractivity contribution < 1.29 is 0 Å². The highest BCUT2D eigenvalue weighted by Crippen LogP contribution is 2.29. The summed E-state index contributed by atoms with van der Waals surface area (Å²) in [7, 11) is 0. The van der Waals surface area contributed by atoms with Crippen LogP contribution in [0.5, 0.6) is 0 Å². The van der Waals surface area contributed by atoms with Crippen LogP contribution in [0.1, 0.15) is 12.8 Å². The van der Waals surface area contributed by atoms with Gasteiger partial charge in [-0.15, -0.1) is 5.10 Å². The van der Waals surface area contributed by atoms with Crippen LogP contribution in [0.2, 0.25) is 0 Å². The highest BCUT2D eigenvalue weighted by Gasteiger charge is 2.21. The van der Waals surface area contributed by atoms with E-state index in [1.165, 1.54) is 12.8 Å². The fourth-order valence-corrected chi connectivity index (χ4v) is 0.829. The summed E-state index contributed by atoms with van der Waals surface area (Å²) in [4.78, 5) is 0. The van der Waals surface area contributed by atoms with Gasteiger partial charge < -0.3 is 0 Å². The van der Waals surface area contributed by atoms with Gasteiger partial charge in [0.1, 0.15) is 6.33 Å². The number of hydrogen-bond acceptors (Lipinski definition) is 3. The fraction of sp³-hybridized carbons (Fsp3) is 0.800. The number of rotatable bonds is 2. The lowest BCUT2D eigenvalue weighted by Crippen LogP contribution is -1.99. The lowest BCUT2D eigenvalue weighted by molar-refractivity contribution is 0.544. The summed E-state index contributed by atoms with van der Waals surface area (Å²) in [6.45, 7) is 1.01. The first kappa shape index (κ1) is 4.90. The molecule has 0 aromatic carbocycles. The van der Waals surface area contributed by atoms with Crippen molar-refractivity contribution in [1.82, 2.24) is 20.2 Å². The highest BCUT2D eigenvalue weighted by molar-refractivity contribution is 4.72. The predicted molar refractivity (Wildman–Crippen MR) is 30.5 cm³/mol. The molecule has 1 fully saturated rings. The van der Waals surface area contributed by atoms with E-state index in [2.05, 4.69) is 15.5 Å². The minimum absolute atomic E-state index is 0.855. The van der Waals surface area contributed by atoms with Gasteiger partial charge in [-0.05, 0) is 29.2 Å². The molecule has 0 radical (unpaired) electrons. The monoisotopic (exact) mass is 124 g/mol. The molecule has 0 unspecified atom stereocenters. The first-order valence-corrected chi connectivity index (χ1v) is 3.16. The van der Waals surface area contributed by atoms with Gasteiger partial charge in [0.25, 0.3) is 0 Å². The normalized spacial score (nSPS) is 18.2. The van der Waals surface area contributed by atoms with E-state index < -0.39 is 0 Å². The zero-order chi connectivity index (χ0) is 6.10. The van der Waals surface area contributed by atoms with E-state index in [9.17, 15) is 0 Å². The summed E-state index contributed by atoms with van der Waals surface area (Å²) in [6, 6.07) is 0. The average molecular weight is 124 g/mol. The summed E-state index contributed by atoms with van der Waals surface area (Å²) in [6.07, 6.45) is 4.36. The van der Waals surface area contributed by atoms with Crippen molar-refractivity contribution in [1.29, 1.82) is 0 Å². The minimum atomic E-state index is 0.855. The quantitative estimate of drug-likeness (QED) is 0.561. The van der Waals surface area contributed by atoms with Crippen LogP contribution in [0.15, 0.2) is 6.33 Å². The Kier molecular flexibility index (Phi) is 0.974. The highest BCUT2D eigenvalue weighted by atomic mass is 15.5. The molecule has 9 heavy (non-hydrogen) atoms. The molecule has 0 spiro atoms. The maximum atomic E-state index is 3.75. The van der Waals surface area contributed by atoms with Gasteiger partial charge in [0.05, 0.1) is 0 Å². The largest absolute Gasteiger partial charge is 0.232 e. The van der Waals surface area contributed by atoms with Gasteiger partial charge in [-0.3, -0.25) is 0 Å². The molecule has 0 aliphatic heterocycles. The summed E-state index contributed by atoms with van der Waals surface area (Å²) in [5.41, 5.74) is 0. The Labute approximate surface area is 52.9 Å². The number of hydrogen-bond donors (Lipinski definition) is 0. The van der Waals surface area contributed by atoms with E-state index in [-0.39, 0.29) is 0 Å². The minimum Gasteiger partial charge on any atom is -0.232 e. The van der Waals surface area contributed by atoms with Crippen LogP contribution in [0, 0.1) is 5.92 Å². The van der Waals surface area contributed by atoms with Gasteiger partial charge in [0.15, 0.2) is 0 Å². The smallest absolute Gasteiger partial charge is 0.138 e. The molecule has 1 aliphatic carbocycles. The summed E-state index contributed by atoms with van der Waals surface area (Å²) >= 11 is 0. The molecule has 1 heterocycles. The van der Waals surface area contributed by atoms with E-state index in [1.807, 2.05) is 0 Å². The SMILES string of the molecule is c1nnnn1CC1CC1. The van der Waals surface area contributed by atoms with Gasteiger partial charge in [-0.2, -0.15) is 0 Å². The zero-order valence-electron chi connectivity index (χ0n) is 5.06. The Morgan fingerprint density at radius 3 is 3.00 bits per heavy atom. The molecular formula is C5H8N4. The number of nitrogens with zero attached hydrogens (tertiary/aromatic N) is 4. The molecule has 0 amide bonds. The molecule has 4 heteroatoms. The van der Waals surface area contributed by atoms with Gasteiger partial charge in [0, 0.05) is 6.54 Å². The number of aromatic nitrogens is 4. The first-order chi connectivity index (χ1) is 4.45. The fourth-order valence-electron chi connectivity index (χ4n) is 0.829. The van der Waals surface area contributed by atoms with Crippen molar-refractivity contribution in [2.24, 2.45) is 5.92 Å². The van der Waals surface area contributed by atoms with E-state index >= 15 is 0 Å². The second kappa shape index (κ2) is 1.79. The van der Waals surface area contributed by atoms with E-state index in [1.54, 1.807) is 11.0 Å². The van der Waals surface area contributed by atoms with Crippen LogP contribution in [-0.4, -0.2) is 20.2 Å². The molecule has 1 aromatic rings. The molecule has 4 nitrogen and oxygen atoms in total. The van der Waals surface area contributed by atoms with Crippen LogP contribution >= 0.6 is 0 Å². The van der Waals surface area contributed by atoms with Crippen LogP contribution in [-0.2, 0) is 6.54 Å². The lowest BCUT2D eigenvalue weighted by atomic mass is 10.4. The van der Waals surface area contributed by atoms with Crippen molar-refractivity contribution in [3.8, 4) is 0 Å².